The molecule has 1 unspecified atom stereocenters. The maximum Gasteiger partial charge on any atom is 0.276 e. The van der Waals surface area contributed by atoms with E-state index in [1.165, 1.54) is 30.3 Å². The van der Waals surface area contributed by atoms with Crippen molar-refractivity contribution in [2.75, 3.05) is 28.8 Å². The molecule has 0 spiro atoms. The van der Waals surface area contributed by atoms with Gasteiger partial charge in [0.2, 0.25) is 0 Å². The Bertz CT molecular complexity index is 869. The highest BCUT2D eigenvalue weighted by atomic mass is 32.2. The van der Waals surface area contributed by atoms with Crippen LogP contribution in [-0.2, 0) is 9.84 Å². The van der Waals surface area contributed by atoms with Crippen molar-refractivity contribution in [3.8, 4) is 0 Å². The molecule has 1 fully saturated rings. The van der Waals surface area contributed by atoms with E-state index in [1.54, 1.807) is 18.0 Å². The fourth-order valence-corrected chi connectivity index (χ4v) is 4.41. The van der Waals surface area contributed by atoms with Gasteiger partial charge in [-0.2, -0.15) is 0 Å². The number of hydrogen-bond donors (Lipinski definition) is 1. The normalized spacial score (nSPS) is 18.7. The zero-order valence-electron chi connectivity index (χ0n) is 13.5. The molecule has 0 bridgehead atoms. The monoisotopic (exact) mass is 364 g/mol. The van der Waals surface area contributed by atoms with E-state index in [0.717, 1.165) is 0 Å². The fraction of sp³-hybridized carbons (Fsp3) is 0.312. The predicted molar refractivity (Wildman–Crippen MR) is 91.8 cm³/mol. The van der Waals surface area contributed by atoms with Crippen molar-refractivity contribution in [3.63, 3.8) is 0 Å². The van der Waals surface area contributed by atoms with Gasteiger partial charge >= 0.3 is 0 Å². The van der Waals surface area contributed by atoms with Crippen LogP contribution in [0.4, 0.5) is 15.9 Å². The predicted octanol–water partition coefficient (Wildman–Crippen LogP) is 1.49. The average Bonchev–Trinajstić information content (AvgIpc) is 2.96. The lowest BCUT2D eigenvalue weighted by Gasteiger charge is -2.23. The molecule has 2 heterocycles. The van der Waals surface area contributed by atoms with Crippen molar-refractivity contribution in [3.05, 3.63) is 47.9 Å². The lowest BCUT2D eigenvalue weighted by Crippen LogP contribution is -2.33. The van der Waals surface area contributed by atoms with Crippen LogP contribution in [0.5, 0.6) is 0 Å². The highest BCUT2D eigenvalue weighted by Gasteiger charge is 2.31. The third-order valence-corrected chi connectivity index (χ3v) is 5.85. The van der Waals surface area contributed by atoms with Crippen LogP contribution in [0, 0.1) is 5.82 Å². The van der Waals surface area contributed by atoms with Gasteiger partial charge < -0.3 is 10.2 Å². The summed E-state index contributed by atoms with van der Waals surface area (Å²) in [5.41, 5.74) is 0.561. The molecule has 0 aliphatic carbocycles. The van der Waals surface area contributed by atoms with Crippen LogP contribution in [0.3, 0.4) is 0 Å². The van der Waals surface area contributed by atoms with Gasteiger partial charge in [0.25, 0.3) is 5.91 Å². The Morgan fingerprint density at radius 3 is 2.48 bits per heavy atom. The first kappa shape index (κ1) is 17.3. The second-order valence-corrected chi connectivity index (χ2v) is 8.13. The molecule has 9 heteroatoms. The number of carbonyl (C=O) groups is 1. The van der Waals surface area contributed by atoms with Gasteiger partial charge in [0.05, 0.1) is 11.5 Å². The zero-order chi connectivity index (χ0) is 18.0. The van der Waals surface area contributed by atoms with Gasteiger partial charge in [0, 0.05) is 18.8 Å². The van der Waals surface area contributed by atoms with E-state index in [4.69, 9.17) is 0 Å². The molecule has 25 heavy (non-hydrogen) atoms. The second kappa shape index (κ2) is 6.75. The SMILES string of the molecule is CN(c1ccc(C(=O)Nc2ccc(F)cc2)nn1)C1CCS(=O)(=O)C1. The maximum atomic E-state index is 12.9. The molecule has 1 aromatic carbocycles. The van der Waals surface area contributed by atoms with Crippen LogP contribution in [0.1, 0.15) is 16.9 Å². The van der Waals surface area contributed by atoms with E-state index in [1.807, 2.05) is 0 Å². The van der Waals surface area contributed by atoms with Gasteiger partial charge in [-0.3, -0.25) is 4.79 Å². The summed E-state index contributed by atoms with van der Waals surface area (Å²) in [6, 6.07) is 8.38. The minimum absolute atomic E-state index is 0.0952. The van der Waals surface area contributed by atoms with Crippen LogP contribution >= 0.6 is 0 Å². The van der Waals surface area contributed by atoms with Crippen molar-refractivity contribution in [1.82, 2.24) is 10.2 Å². The average molecular weight is 364 g/mol. The maximum absolute atomic E-state index is 12.9. The number of rotatable bonds is 4. The number of amides is 1. The van der Waals surface area contributed by atoms with Crippen LogP contribution < -0.4 is 10.2 Å². The van der Waals surface area contributed by atoms with Crippen molar-refractivity contribution >= 4 is 27.2 Å². The summed E-state index contributed by atoms with van der Waals surface area (Å²) in [5, 5.41) is 10.5. The highest BCUT2D eigenvalue weighted by Crippen LogP contribution is 2.21. The molecule has 1 aromatic heterocycles. The first-order valence-electron chi connectivity index (χ1n) is 7.68. The summed E-state index contributed by atoms with van der Waals surface area (Å²) in [6.45, 7) is 0. The van der Waals surface area contributed by atoms with E-state index >= 15 is 0 Å². The molecular weight excluding hydrogens is 347 g/mol. The number of anilines is 2. The van der Waals surface area contributed by atoms with E-state index in [9.17, 15) is 17.6 Å². The second-order valence-electron chi connectivity index (χ2n) is 5.91. The van der Waals surface area contributed by atoms with E-state index < -0.39 is 15.7 Å². The summed E-state index contributed by atoms with van der Waals surface area (Å²) >= 11 is 0. The molecule has 132 valence electrons. The van der Waals surface area contributed by atoms with Gasteiger partial charge in [0.1, 0.15) is 5.82 Å². The lowest BCUT2D eigenvalue weighted by atomic mass is 10.2. The molecule has 1 aliphatic heterocycles. The van der Waals surface area contributed by atoms with Crippen molar-refractivity contribution in [1.29, 1.82) is 0 Å². The Kier molecular flexibility index (Phi) is 4.67. The molecule has 1 atom stereocenters. The Balaban J connectivity index is 1.67. The molecule has 1 saturated heterocycles. The Labute approximate surface area is 144 Å². The number of nitrogens with one attached hydrogen (secondary N) is 1. The first-order chi connectivity index (χ1) is 11.8. The molecular formula is C16H17FN4O3S. The molecule has 1 N–H and O–H groups in total. The third-order valence-electron chi connectivity index (χ3n) is 4.10. The van der Waals surface area contributed by atoms with Crippen LogP contribution in [0.2, 0.25) is 0 Å². The Morgan fingerprint density at radius 2 is 1.92 bits per heavy atom. The number of aromatic nitrogens is 2. The summed E-state index contributed by atoms with van der Waals surface area (Å²) in [4.78, 5) is 13.9. The largest absolute Gasteiger partial charge is 0.354 e. The van der Waals surface area contributed by atoms with E-state index in [-0.39, 0.29) is 29.1 Å². The summed E-state index contributed by atoms with van der Waals surface area (Å²) in [5.74, 6) is -0.0812. The Morgan fingerprint density at radius 1 is 1.20 bits per heavy atom. The van der Waals surface area contributed by atoms with Crippen LogP contribution in [0.25, 0.3) is 0 Å². The molecule has 0 saturated carbocycles. The molecule has 1 aliphatic rings. The van der Waals surface area contributed by atoms with Gasteiger partial charge in [-0.1, -0.05) is 0 Å². The molecule has 7 nitrogen and oxygen atoms in total. The van der Waals surface area contributed by atoms with Gasteiger partial charge in [-0.25, -0.2) is 12.8 Å². The molecule has 0 radical (unpaired) electrons. The summed E-state index contributed by atoms with van der Waals surface area (Å²) in [6.07, 6.45) is 0.549. The molecule has 2 aromatic rings. The third kappa shape index (κ3) is 4.11. The van der Waals surface area contributed by atoms with Crippen LogP contribution in [0.15, 0.2) is 36.4 Å². The first-order valence-corrected chi connectivity index (χ1v) is 9.50. The van der Waals surface area contributed by atoms with Crippen molar-refractivity contribution in [2.45, 2.75) is 12.5 Å². The van der Waals surface area contributed by atoms with E-state index in [2.05, 4.69) is 15.5 Å². The minimum atomic E-state index is -2.99. The zero-order valence-corrected chi connectivity index (χ0v) is 14.3. The number of benzene rings is 1. The number of carbonyl (C=O) groups excluding carboxylic acids is 1. The van der Waals surface area contributed by atoms with Gasteiger partial charge in [-0.15, -0.1) is 10.2 Å². The highest BCUT2D eigenvalue weighted by molar-refractivity contribution is 7.91. The van der Waals surface area contributed by atoms with E-state index in [0.29, 0.717) is 17.9 Å². The molecule has 3 rings (SSSR count). The molecule has 1 amide bonds. The quantitative estimate of drug-likeness (QED) is 0.884. The number of sulfone groups is 1. The summed E-state index contributed by atoms with van der Waals surface area (Å²) in [7, 11) is -1.23. The number of nitrogens with zero attached hydrogens (tertiary/aromatic N) is 3. The lowest BCUT2D eigenvalue weighted by molar-refractivity contribution is 0.102. The fourth-order valence-electron chi connectivity index (χ4n) is 2.63. The van der Waals surface area contributed by atoms with Crippen LogP contribution in [-0.4, -0.2) is 49.1 Å². The Hall–Kier alpha value is -2.55. The number of halogens is 1. The smallest absolute Gasteiger partial charge is 0.276 e. The summed E-state index contributed by atoms with van der Waals surface area (Å²) < 4.78 is 36.0. The number of hydrogen-bond acceptors (Lipinski definition) is 6. The minimum Gasteiger partial charge on any atom is -0.354 e. The topological polar surface area (TPSA) is 92.3 Å². The standard InChI is InChI=1S/C16H17FN4O3S/c1-21(13-8-9-25(23,24)10-13)15-7-6-14(19-20-15)16(22)18-12-4-2-11(17)3-5-12/h2-7,13H,8-10H2,1H3,(H,18,22). The van der Waals surface area contributed by atoms with Crippen molar-refractivity contribution < 1.29 is 17.6 Å². The van der Waals surface area contributed by atoms with Gasteiger partial charge in [0.15, 0.2) is 21.3 Å². The van der Waals surface area contributed by atoms with Crippen molar-refractivity contribution in [2.24, 2.45) is 0 Å². The van der Waals surface area contributed by atoms with Gasteiger partial charge in [-0.05, 0) is 42.8 Å².